The number of nitrogens with one attached hydrogen (secondary N) is 2. The Morgan fingerprint density at radius 2 is 2.00 bits per heavy atom. The van der Waals surface area contributed by atoms with Gasteiger partial charge in [-0.25, -0.2) is 9.18 Å². The summed E-state index contributed by atoms with van der Waals surface area (Å²) in [6.07, 6.45) is 2.94. The van der Waals surface area contributed by atoms with E-state index in [0.717, 1.165) is 18.5 Å². The third kappa shape index (κ3) is 5.42. The zero-order valence-corrected chi connectivity index (χ0v) is 15.9. The second kappa shape index (κ2) is 8.69. The number of aryl methyl sites for hydroxylation is 1. The van der Waals surface area contributed by atoms with Gasteiger partial charge in [-0.05, 0) is 38.0 Å². The SMILES string of the molecule is CC(=O)N1CCC[C@H](Oc2cc(F)cc(NC(=O)Nc3ccc(C)nc3)c2)C1. The highest BCUT2D eigenvalue weighted by Gasteiger charge is 2.23. The molecule has 8 heteroatoms. The van der Waals surface area contributed by atoms with Crippen LogP contribution in [-0.2, 0) is 4.79 Å². The van der Waals surface area contributed by atoms with Crippen LogP contribution in [-0.4, -0.2) is 41.0 Å². The van der Waals surface area contributed by atoms with Gasteiger partial charge in [0, 0.05) is 37.0 Å². The molecule has 1 aromatic heterocycles. The van der Waals surface area contributed by atoms with Crippen molar-refractivity contribution in [2.45, 2.75) is 32.8 Å². The number of carbonyl (C=O) groups is 2. The molecule has 3 amide bonds. The predicted molar refractivity (Wildman–Crippen MR) is 104 cm³/mol. The quantitative estimate of drug-likeness (QED) is 0.842. The number of carbonyl (C=O) groups excluding carboxylic acids is 2. The lowest BCUT2D eigenvalue weighted by molar-refractivity contribution is -0.131. The van der Waals surface area contributed by atoms with Crippen LogP contribution < -0.4 is 15.4 Å². The Morgan fingerprint density at radius 3 is 2.71 bits per heavy atom. The molecule has 1 fully saturated rings. The maximum atomic E-state index is 14.0. The van der Waals surface area contributed by atoms with Crippen LogP contribution in [0, 0.1) is 12.7 Å². The van der Waals surface area contributed by atoms with Crippen LogP contribution in [0.1, 0.15) is 25.5 Å². The Bertz CT molecular complexity index is 857. The molecule has 7 nitrogen and oxygen atoms in total. The molecule has 0 spiro atoms. The molecule has 1 aliphatic rings. The summed E-state index contributed by atoms with van der Waals surface area (Å²) in [5.74, 6) is -0.219. The van der Waals surface area contributed by atoms with Crippen LogP contribution in [0.5, 0.6) is 5.75 Å². The molecule has 1 atom stereocenters. The minimum Gasteiger partial charge on any atom is -0.488 e. The highest BCUT2D eigenvalue weighted by Crippen LogP contribution is 2.24. The number of halogens is 1. The summed E-state index contributed by atoms with van der Waals surface area (Å²) >= 11 is 0. The van der Waals surface area contributed by atoms with Gasteiger partial charge in [0.25, 0.3) is 0 Å². The van der Waals surface area contributed by atoms with Crippen molar-refractivity contribution in [2.24, 2.45) is 0 Å². The number of nitrogens with zero attached hydrogens (tertiary/aromatic N) is 2. The van der Waals surface area contributed by atoms with Gasteiger partial charge in [-0.3, -0.25) is 9.78 Å². The zero-order valence-electron chi connectivity index (χ0n) is 15.9. The van der Waals surface area contributed by atoms with E-state index < -0.39 is 11.8 Å². The molecule has 148 valence electrons. The lowest BCUT2D eigenvalue weighted by atomic mass is 10.1. The van der Waals surface area contributed by atoms with E-state index in [-0.39, 0.29) is 17.7 Å². The molecule has 1 aliphatic heterocycles. The molecule has 28 heavy (non-hydrogen) atoms. The van der Waals surface area contributed by atoms with Gasteiger partial charge < -0.3 is 20.3 Å². The van der Waals surface area contributed by atoms with Gasteiger partial charge in [0.1, 0.15) is 17.7 Å². The molecule has 0 radical (unpaired) electrons. The van der Waals surface area contributed by atoms with Crippen LogP contribution in [0.4, 0.5) is 20.6 Å². The van der Waals surface area contributed by atoms with E-state index in [2.05, 4.69) is 15.6 Å². The van der Waals surface area contributed by atoms with E-state index in [0.29, 0.717) is 24.5 Å². The second-order valence-electron chi connectivity index (χ2n) is 6.79. The van der Waals surface area contributed by atoms with E-state index in [1.807, 2.05) is 6.92 Å². The van der Waals surface area contributed by atoms with Crippen molar-refractivity contribution in [3.05, 3.63) is 48.0 Å². The lowest BCUT2D eigenvalue weighted by Gasteiger charge is -2.32. The number of anilines is 2. The Kier molecular flexibility index (Phi) is 6.08. The summed E-state index contributed by atoms with van der Waals surface area (Å²) in [6, 6.07) is 7.03. The highest BCUT2D eigenvalue weighted by atomic mass is 19.1. The maximum absolute atomic E-state index is 14.0. The number of ether oxygens (including phenoxy) is 1. The van der Waals surface area contributed by atoms with Gasteiger partial charge in [0.15, 0.2) is 0 Å². The van der Waals surface area contributed by atoms with Crippen molar-refractivity contribution in [1.82, 2.24) is 9.88 Å². The molecule has 1 saturated heterocycles. The molecule has 2 heterocycles. The first kappa shape index (κ1) is 19.6. The fourth-order valence-corrected chi connectivity index (χ4v) is 3.05. The van der Waals surface area contributed by atoms with Crippen LogP contribution in [0.25, 0.3) is 0 Å². The number of hydrogen-bond acceptors (Lipinski definition) is 4. The van der Waals surface area contributed by atoms with Crippen LogP contribution >= 0.6 is 0 Å². The fraction of sp³-hybridized carbons (Fsp3) is 0.350. The Labute approximate surface area is 162 Å². The molecule has 2 N–H and O–H groups in total. The van der Waals surface area contributed by atoms with Gasteiger partial charge in [-0.2, -0.15) is 0 Å². The predicted octanol–water partition coefficient (Wildman–Crippen LogP) is 3.56. The largest absolute Gasteiger partial charge is 0.488 e. The minimum absolute atomic E-state index is 0.00263. The molecule has 0 saturated carbocycles. The molecule has 0 bridgehead atoms. The molecule has 1 aromatic carbocycles. The number of rotatable bonds is 4. The summed E-state index contributed by atoms with van der Waals surface area (Å²) in [5.41, 5.74) is 1.64. The van der Waals surface area contributed by atoms with E-state index in [9.17, 15) is 14.0 Å². The standard InChI is InChI=1S/C20H23FN4O3/c1-13-5-6-16(11-22-13)23-20(27)24-17-8-15(21)9-19(10-17)28-18-4-3-7-25(12-18)14(2)26/h5-6,8-11,18H,3-4,7,12H2,1-2H3,(H2,23,24,27)/t18-/m0/s1. The molecular formula is C20H23FN4O3. The lowest BCUT2D eigenvalue weighted by Crippen LogP contribution is -2.43. The summed E-state index contributed by atoms with van der Waals surface area (Å²) < 4.78 is 19.8. The second-order valence-corrected chi connectivity index (χ2v) is 6.79. The van der Waals surface area contributed by atoms with Gasteiger partial charge in [0.2, 0.25) is 5.91 Å². The summed E-state index contributed by atoms with van der Waals surface area (Å²) in [7, 11) is 0. The number of likely N-dealkylation sites (tertiary alicyclic amines) is 1. The molecule has 0 aliphatic carbocycles. The minimum atomic E-state index is -0.524. The topological polar surface area (TPSA) is 83.6 Å². The van der Waals surface area contributed by atoms with Crippen molar-refractivity contribution >= 4 is 23.3 Å². The molecule has 2 aromatic rings. The van der Waals surface area contributed by atoms with Crippen LogP contribution in [0.2, 0.25) is 0 Å². The van der Waals surface area contributed by atoms with E-state index in [1.165, 1.54) is 19.1 Å². The van der Waals surface area contributed by atoms with Crippen molar-refractivity contribution in [2.75, 3.05) is 23.7 Å². The monoisotopic (exact) mass is 386 g/mol. The van der Waals surface area contributed by atoms with Crippen LogP contribution in [0.3, 0.4) is 0 Å². The number of piperidine rings is 1. The van der Waals surface area contributed by atoms with Gasteiger partial charge in [0.05, 0.1) is 18.4 Å². The van der Waals surface area contributed by atoms with Gasteiger partial charge in [-0.15, -0.1) is 0 Å². The number of aromatic nitrogens is 1. The van der Waals surface area contributed by atoms with Crippen molar-refractivity contribution in [3.63, 3.8) is 0 Å². The van der Waals surface area contributed by atoms with Gasteiger partial charge >= 0.3 is 6.03 Å². The number of pyridine rings is 1. The van der Waals surface area contributed by atoms with E-state index >= 15 is 0 Å². The van der Waals surface area contributed by atoms with Crippen LogP contribution in [0.15, 0.2) is 36.5 Å². The average molecular weight is 386 g/mol. The normalized spacial score (nSPS) is 16.4. The molecule has 0 unspecified atom stereocenters. The average Bonchev–Trinajstić information content (AvgIpc) is 2.63. The Balaban J connectivity index is 1.63. The van der Waals surface area contributed by atoms with E-state index in [1.54, 1.807) is 29.3 Å². The Morgan fingerprint density at radius 1 is 1.21 bits per heavy atom. The van der Waals surface area contributed by atoms with Crippen molar-refractivity contribution in [3.8, 4) is 5.75 Å². The first-order chi connectivity index (χ1) is 13.4. The zero-order chi connectivity index (χ0) is 20.1. The van der Waals surface area contributed by atoms with E-state index in [4.69, 9.17) is 4.74 Å². The summed E-state index contributed by atoms with van der Waals surface area (Å²) in [5, 5.41) is 5.22. The first-order valence-electron chi connectivity index (χ1n) is 9.12. The molecule has 3 rings (SSSR count). The number of urea groups is 1. The fourth-order valence-electron chi connectivity index (χ4n) is 3.05. The maximum Gasteiger partial charge on any atom is 0.323 e. The Hall–Kier alpha value is -3.16. The first-order valence-corrected chi connectivity index (χ1v) is 9.12. The van der Waals surface area contributed by atoms with Crippen molar-refractivity contribution in [1.29, 1.82) is 0 Å². The number of hydrogen-bond donors (Lipinski definition) is 2. The number of benzene rings is 1. The smallest absolute Gasteiger partial charge is 0.323 e. The number of amides is 3. The van der Waals surface area contributed by atoms with Crippen molar-refractivity contribution < 1.29 is 18.7 Å². The highest BCUT2D eigenvalue weighted by molar-refractivity contribution is 5.99. The third-order valence-electron chi connectivity index (χ3n) is 4.42. The van der Waals surface area contributed by atoms with Gasteiger partial charge in [-0.1, -0.05) is 0 Å². The third-order valence-corrected chi connectivity index (χ3v) is 4.42. The summed E-state index contributed by atoms with van der Waals surface area (Å²) in [6.45, 7) is 4.55. The molecular weight excluding hydrogens is 363 g/mol. The summed E-state index contributed by atoms with van der Waals surface area (Å²) in [4.78, 5) is 29.5.